The van der Waals surface area contributed by atoms with Crippen molar-refractivity contribution in [1.29, 1.82) is 0 Å². The first-order valence-electron chi connectivity index (χ1n) is 13.3. The van der Waals surface area contributed by atoms with E-state index in [9.17, 15) is 4.39 Å². The molecular weight excluding hydrogens is 552 g/mol. The van der Waals surface area contributed by atoms with Crippen LogP contribution in [0.3, 0.4) is 0 Å². The van der Waals surface area contributed by atoms with Gasteiger partial charge in [-0.3, -0.25) is 9.97 Å². The Morgan fingerprint density at radius 3 is 2.27 bits per heavy atom. The zero-order valence-corrected chi connectivity index (χ0v) is 23.6. The fourth-order valence-electron chi connectivity index (χ4n) is 5.18. The van der Waals surface area contributed by atoms with E-state index in [4.69, 9.17) is 28.2 Å². The summed E-state index contributed by atoms with van der Waals surface area (Å²) in [4.78, 5) is 9.40. The van der Waals surface area contributed by atoms with Crippen LogP contribution in [-0.2, 0) is 13.1 Å². The van der Waals surface area contributed by atoms with Gasteiger partial charge < -0.3 is 5.32 Å². The van der Waals surface area contributed by atoms with Crippen LogP contribution in [0.1, 0.15) is 33.9 Å². The van der Waals surface area contributed by atoms with Gasteiger partial charge in [0.05, 0.1) is 11.2 Å². The van der Waals surface area contributed by atoms with Crippen molar-refractivity contribution in [2.75, 3.05) is 0 Å². The first kappa shape index (κ1) is 27.1. The molecule has 41 heavy (non-hydrogen) atoms. The number of nitrogens with zero attached hydrogens (tertiary/aromatic N) is 2. The lowest BCUT2D eigenvalue weighted by Crippen LogP contribution is -2.14. The molecule has 0 spiro atoms. The number of pyridine rings is 2. The van der Waals surface area contributed by atoms with Crippen LogP contribution < -0.4 is 5.32 Å². The van der Waals surface area contributed by atoms with Gasteiger partial charge in [0, 0.05) is 46.8 Å². The van der Waals surface area contributed by atoms with E-state index in [-0.39, 0.29) is 11.7 Å². The quantitative estimate of drug-likeness (QED) is 0.196. The number of fused-ring (bicyclic) bond motifs is 1. The summed E-state index contributed by atoms with van der Waals surface area (Å²) in [6.07, 6.45) is 3.70. The summed E-state index contributed by atoms with van der Waals surface area (Å²) in [6, 6.07) is 35.0. The Kier molecular flexibility index (Phi) is 8.06. The topological polar surface area (TPSA) is 37.8 Å². The second-order valence-electron chi connectivity index (χ2n) is 9.95. The molecule has 0 amide bonds. The maximum Gasteiger partial charge on any atom is 0.123 e. The molecule has 0 aliphatic carbocycles. The number of hydrogen-bond acceptors (Lipinski definition) is 3. The van der Waals surface area contributed by atoms with Gasteiger partial charge in [-0.2, -0.15) is 0 Å². The van der Waals surface area contributed by atoms with Crippen molar-refractivity contribution in [3.63, 3.8) is 0 Å². The molecule has 0 aliphatic heterocycles. The van der Waals surface area contributed by atoms with Crippen LogP contribution in [-0.4, -0.2) is 9.97 Å². The normalized spacial score (nSPS) is 12.0. The van der Waals surface area contributed by atoms with Crippen molar-refractivity contribution in [2.45, 2.75) is 19.0 Å². The van der Waals surface area contributed by atoms with E-state index in [2.05, 4.69) is 58.8 Å². The van der Waals surface area contributed by atoms with E-state index in [0.29, 0.717) is 23.1 Å². The molecule has 1 N–H and O–H groups in total. The third-order valence-corrected chi connectivity index (χ3v) is 7.61. The smallest absolute Gasteiger partial charge is 0.123 e. The summed E-state index contributed by atoms with van der Waals surface area (Å²) in [5, 5.41) is 5.85. The summed E-state index contributed by atoms with van der Waals surface area (Å²) in [7, 11) is 0. The molecule has 4 aromatic carbocycles. The SMILES string of the molecule is Fc1ccc(CNCc2cc(-c3cccc(Cl)c3)c3cc(C(c4ccc(Cl)cc4)c4cccnc4)ccc3n2)cc1. The van der Waals surface area contributed by atoms with E-state index in [1.54, 1.807) is 18.3 Å². The molecular formula is C35H26Cl2FN3. The van der Waals surface area contributed by atoms with Crippen LogP contribution in [0.4, 0.5) is 4.39 Å². The van der Waals surface area contributed by atoms with Crippen molar-refractivity contribution < 1.29 is 4.39 Å². The monoisotopic (exact) mass is 577 g/mol. The van der Waals surface area contributed by atoms with E-state index >= 15 is 0 Å². The number of hydrogen-bond donors (Lipinski definition) is 1. The summed E-state index contributed by atoms with van der Waals surface area (Å²) in [6.45, 7) is 1.17. The molecule has 202 valence electrons. The Balaban J connectivity index is 1.42. The molecule has 2 aromatic heterocycles. The average molecular weight is 579 g/mol. The Hall–Kier alpha value is -4.09. The summed E-state index contributed by atoms with van der Waals surface area (Å²) < 4.78 is 13.3. The third-order valence-electron chi connectivity index (χ3n) is 7.12. The van der Waals surface area contributed by atoms with E-state index < -0.39 is 0 Å². The highest BCUT2D eigenvalue weighted by Gasteiger charge is 2.19. The standard InChI is InChI=1S/C35H26Cl2FN3/c36-28-11-8-24(9-12-28)35(27-4-2-16-39-21-27)26-10-15-34-33(18-26)32(25-3-1-5-29(37)17-25)19-31(41-34)22-40-20-23-6-13-30(38)14-7-23/h1-19,21,35,40H,20,22H2. The number of halogens is 3. The Morgan fingerprint density at radius 2 is 1.51 bits per heavy atom. The number of nitrogens with one attached hydrogen (secondary N) is 1. The highest BCUT2D eigenvalue weighted by molar-refractivity contribution is 6.31. The molecule has 1 atom stereocenters. The maximum absolute atomic E-state index is 13.3. The maximum atomic E-state index is 13.3. The van der Waals surface area contributed by atoms with Crippen molar-refractivity contribution in [1.82, 2.24) is 15.3 Å². The molecule has 2 heterocycles. The summed E-state index contributed by atoms with van der Waals surface area (Å²) >= 11 is 12.7. The van der Waals surface area contributed by atoms with Gasteiger partial charge in [0.25, 0.3) is 0 Å². The predicted octanol–water partition coefficient (Wildman–Crippen LogP) is 9.21. The van der Waals surface area contributed by atoms with E-state index in [0.717, 1.165) is 50.0 Å². The molecule has 0 saturated heterocycles. The number of benzene rings is 4. The lowest BCUT2D eigenvalue weighted by molar-refractivity contribution is 0.624. The fraction of sp³-hybridized carbons (Fsp3) is 0.0857. The van der Waals surface area contributed by atoms with E-state index in [1.165, 1.54) is 12.1 Å². The van der Waals surface area contributed by atoms with Crippen LogP contribution in [0, 0.1) is 5.82 Å². The zero-order valence-electron chi connectivity index (χ0n) is 22.1. The second-order valence-corrected chi connectivity index (χ2v) is 10.8. The Labute approximate surface area is 248 Å². The minimum atomic E-state index is -0.239. The average Bonchev–Trinajstić information content (AvgIpc) is 2.99. The Bertz CT molecular complexity index is 1790. The van der Waals surface area contributed by atoms with Gasteiger partial charge in [0.1, 0.15) is 5.82 Å². The van der Waals surface area contributed by atoms with Crippen molar-refractivity contribution >= 4 is 34.1 Å². The van der Waals surface area contributed by atoms with Gasteiger partial charge in [-0.1, -0.05) is 71.7 Å². The van der Waals surface area contributed by atoms with Crippen LogP contribution in [0.2, 0.25) is 10.0 Å². The van der Waals surface area contributed by atoms with Crippen LogP contribution in [0.25, 0.3) is 22.0 Å². The van der Waals surface area contributed by atoms with Crippen molar-refractivity contribution in [3.8, 4) is 11.1 Å². The lowest BCUT2D eigenvalue weighted by atomic mass is 9.85. The van der Waals surface area contributed by atoms with Crippen molar-refractivity contribution in [3.05, 3.63) is 165 Å². The molecule has 3 nitrogen and oxygen atoms in total. The Morgan fingerprint density at radius 1 is 0.707 bits per heavy atom. The van der Waals surface area contributed by atoms with Gasteiger partial charge in [-0.15, -0.1) is 0 Å². The van der Waals surface area contributed by atoms with Gasteiger partial charge in [0.15, 0.2) is 0 Å². The molecule has 0 saturated carbocycles. The fourth-order valence-corrected chi connectivity index (χ4v) is 5.50. The van der Waals surface area contributed by atoms with Crippen LogP contribution >= 0.6 is 23.2 Å². The second kappa shape index (κ2) is 12.2. The first-order valence-corrected chi connectivity index (χ1v) is 14.1. The molecule has 0 aliphatic rings. The third kappa shape index (κ3) is 6.31. The zero-order chi connectivity index (χ0) is 28.2. The number of rotatable bonds is 8. The molecule has 6 aromatic rings. The summed E-state index contributed by atoms with van der Waals surface area (Å²) in [5.41, 5.74) is 8.23. The molecule has 0 radical (unpaired) electrons. The van der Waals surface area contributed by atoms with Crippen molar-refractivity contribution in [2.24, 2.45) is 0 Å². The number of aromatic nitrogens is 2. The molecule has 0 fully saturated rings. The lowest BCUT2D eigenvalue weighted by Gasteiger charge is -2.20. The van der Waals surface area contributed by atoms with Gasteiger partial charge in [0.2, 0.25) is 0 Å². The van der Waals surface area contributed by atoms with Gasteiger partial charge in [-0.25, -0.2) is 4.39 Å². The van der Waals surface area contributed by atoms with E-state index in [1.807, 2.05) is 42.6 Å². The first-order chi connectivity index (χ1) is 20.0. The highest BCUT2D eigenvalue weighted by atomic mass is 35.5. The highest BCUT2D eigenvalue weighted by Crippen LogP contribution is 2.37. The largest absolute Gasteiger partial charge is 0.307 e. The van der Waals surface area contributed by atoms with Crippen LogP contribution in [0.15, 0.2) is 122 Å². The molecule has 6 rings (SSSR count). The predicted molar refractivity (Wildman–Crippen MR) is 166 cm³/mol. The molecule has 6 heteroatoms. The summed E-state index contributed by atoms with van der Waals surface area (Å²) in [5.74, 6) is -0.271. The van der Waals surface area contributed by atoms with Crippen LogP contribution in [0.5, 0.6) is 0 Å². The molecule has 0 bridgehead atoms. The van der Waals surface area contributed by atoms with Gasteiger partial charge in [-0.05, 0) is 94.0 Å². The minimum absolute atomic E-state index is 0.0327. The minimum Gasteiger partial charge on any atom is -0.307 e. The molecule has 1 unspecified atom stereocenters. The van der Waals surface area contributed by atoms with Gasteiger partial charge >= 0.3 is 0 Å².